The molecule has 1 aromatic heterocycles. The number of rotatable bonds is 2. The summed E-state index contributed by atoms with van der Waals surface area (Å²) in [4.78, 5) is 19.0. The van der Waals surface area contributed by atoms with E-state index in [2.05, 4.69) is 16.9 Å². The molecule has 0 radical (unpaired) electrons. The third-order valence-corrected chi connectivity index (χ3v) is 4.57. The second-order valence-corrected chi connectivity index (χ2v) is 5.52. The highest BCUT2D eigenvalue weighted by Gasteiger charge is 2.41. The van der Waals surface area contributed by atoms with Gasteiger partial charge in [-0.25, -0.2) is 4.98 Å². The normalized spacial score (nSPS) is 31.5. The SMILES string of the molecule is CN1C2CCC1CC(C(=O)c1cccnc1N)C2. The van der Waals surface area contributed by atoms with Crippen LogP contribution >= 0.6 is 0 Å². The lowest BCUT2D eigenvalue weighted by Crippen LogP contribution is -2.42. The number of carbonyl (C=O) groups excluding carboxylic acids is 1. The molecule has 0 saturated carbocycles. The molecule has 0 amide bonds. The molecule has 2 atom stereocenters. The van der Waals surface area contributed by atoms with Crippen molar-refractivity contribution in [1.29, 1.82) is 0 Å². The number of Topliss-reactive ketones (excluding diaryl/α,β-unsaturated/α-hetero) is 1. The van der Waals surface area contributed by atoms with E-state index in [1.165, 1.54) is 12.8 Å². The van der Waals surface area contributed by atoms with E-state index >= 15 is 0 Å². The first kappa shape index (κ1) is 11.7. The molecular formula is C14H19N3O. The summed E-state index contributed by atoms with van der Waals surface area (Å²) in [6, 6.07) is 4.74. The Labute approximate surface area is 107 Å². The number of nitrogen functional groups attached to an aromatic ring is 1. The topological polar surface area (TPSA) is 59.2 Å². The minimum absolute atomic E-state index is 0.130. The van der Waals surface area contributed by atoms with E-state index < -0.39 is 0 Å². The number of ketones is 1. The summed E-state index contributed by atoms with van der Waals surface area (Å²) in [6.07, 6.45) is 6.03. The van der Waals surface area contributed by atoms with Crippen LogP contribution in [-0.4, -0.2) is 34.8 Å². The van der Waals surface area contributed by atoms with Crippen LogP contribution in [0.2, 0.25) is 0 Å². The summed E-state index contributed by atoms with van der Waals surface area (Å²) < 4.78 is 0. The van der Waals surface area contributed by atoms with Crippen molar-refractivity contribution in [2.24, 2.45) is 5.92 Å². The first-order valence-electron chi connectivity index (χ1n) is 6.63. The largest absolute Gasteiger partial charge is 0.383 e. The molecule has 2 bridgehead atoms. The summed E-state index contributed by atoms with van der Waals surface area (Å²) >= 11 is 0. The van der Waals surface area contributed by atoms with Crippen molar-refractivity contribution in [1.82, 2.24) is 9.88 Å². The molecular weight excluding hydrogens is 226 g/mol. The van der Waals surface area contributed by atoms with E-state index in [1.807, 2.05) is 0 Å². The summed E-state index contributed by atoms with van der Waals surface area (Å²) in [7, 11) is 2.18. The fraction of sp³-hybridized carbons (Fsp3) is 0.571. The Morgan fingerprint density at radius 2 is 2.06 bits per heavy atom. The van der Waals surface area contributed by atoms with Crippen LogP contribution in [0.5, 0.6) is 0 Å². The first-order chi connectivity index (χ1) is 8.66. The highest BCUT2D eigenvalue weighted by atomic mass is 16.1. The molecule has 2 fully saturated rings. The Morgan fingerprint density at radius 1 is 1.39 bits per heavy atom. The van der Waals surface area contributed by atoms with E-state index in [0.717, 1.165) is 12.8 Å². The van der Waals surface area contributed by atoms with Gasteiger partial charge in [0, 0.05) is 24.2 Å². The van der Waals surface area contributed by atoms with Gasteiger partial charge in [0.1, 0.15) is 5.82 Å². The number of carbonyl (C=O) groups is 1. The molecule has 2 saturated heterocycles. The van der Waals surface area contributed by atoms with E-state index in [-0.39, 0.29) is 11.7 Å². The van der Waals surface area contributed by atoms with Gasteiger partial charge in [0.05, 0.1) is 5.56 Å². The Morgan fingerprint density at radius 3 is 2.67 bits per heavy atom. The van der Waals surface area contributed by atoms with Crippen molar-refractivity contribution >= 4 is 11.6 Å². The zero-order valence-corrected chi connectivity index (χ0v) is 10.7. The number of aromatic nitrogens is 1. The van der Waals surface area contributed by atoms with Crippen molar-refractivity contribution < 1.29 is 4.79 Å². The lowest BCUT2D eigenvalue weighted by molar-refractivity contribution is 0.0768. The molecule has 2 aliphatic rings. The Kier molecular flexibility index (Phi) is 2.82. The van der Waals surface area contributed by atoms with Gasteiger partial charge in [-0.3, -0.25) is 4.79 Å². The average molecular weight is 245 g/mol. The van der Waals surface area contributed by atoms with Crippen molar-refractivity contribution in [2.45, 2.75) is 37.8 Å². The molecule has 3 rings (SSSR count). The third kappa shape index (κ3) is 1.81. The van der Waals surface area contributed by atoms with Gasteiger partial charge in [0.15, 0.2) is 5.78 Å². The molecule has 18 heavy (non-hydrogen) atoms. The molecule has 3 heterocycles. The number of fused-ring (bicyclic) bond motifs is 2. The second-order valence-electron chi connectivity index (χ2n) is 5.52. The molecule has 0 aromatic carbocycles. The maximum absolute atomic E-state index is 12.5. The van der Waals surface area contributed by atoms with Crippen LogP contribution in [-0.2, 0) is 0 Å². The molecule has 1 aromatic rings. The molecule has 4 nitrogen and oxygen atoms in total. The summed E-state index contributed by atoms with van der Waals surface area (Å²) in [5, 5.41) is 0. The molecule has 2 aliphatic heterocycles. The van der Waals surface area contributed by atoms with E-state index in [0.29, 0.717) is 23.5 Å². The standard InChI is InChI=1S/C14H19N3O/c1-17-10-4-5-11(17)8-9(7-10)13(18)12-3-2-6-16-14(12)15/h2-3,6,9-11H,4-5,7-8H2,1H3,(H2,15,16). The van der Waals surface area contributed by atoms with Crippen molar-refractivity contribution in [3.05, 3.63) is 23.9 Å². The molecule has 2 N–H and O–H groups in total. The Bertz CT molecular complexity index is 460. The lowest BCUT2D eigenvalue weighted by atomic mass is 9.85. The molecule has 96 valence electrons. The van der Waals surface area contributed by atoms with Gasteiger partial charge in [-0.15, -0.1) is 0 Å². The van der Waals surface area contributed by atoms with Gasteiger partial charge >= 0.3 is 0 Å². The maximum atomic E-state index is 12.5. The number of nitrogens with two attached hydrogens (primary N) is 1. The van der Waals surface area contributed by atoms with Gasteiger partial charge in [-0.05, 0) is 44.9 Å². The van der Waals surface area contributed by atoms with E-state index in [9.17, 15) is 4.79 Å². The molecule has 4 heteroatoms. The van der Waals surface area contributed by atoms with Crippen LogP contribution in [0.3, 0.4) is 0 Å². The van der Waals surface area contributed by atoms with Crippen LogP contribution in [0.4, 0.5) is 5.82 Å². The van der Waals surface area contributed by atoms with Crippen LogP contribution in [0.15, 0.2) is 18.3 Å². The number of anilines is 1. The van der Waals surface area contributed by atoms with Crippen LogP contribution in [0.1, 0.15) is 36.0 Å². The third-order valence-electron chi connectivity index (χ3n) is 4.57. The monoisotopic (exact) mass is 245 g/mol. The zero-order chi connectivity index (χ0) is 12.7. The summed E-state index contributed by atoms with van der Waals surface area (Å²) in [5.41, 5.74) is 6.40. The van der Waals surface area contributed by atoms with Crippen LogP contribution in [0.25, 0.3) is 0 Å². The van der Waals surface area contributed by atoms with Gasteiger partial charge < -0.3 is 10.6 Å². The van der Waals surface area contributed by atoms with Gasteiger partial charge in [-0.1, -0.05) is 0 Å². The van der Waals surface area contributed by atoms with Gasteiger partial charge in [-0.2, -0.15) is 0 Å². The van der Waals surface area contributed by atoms with Crippen molar-refractivity contribution in [3.63, 3.8) is 0 Å². The lowest BCUT2D eigenvalue weighted by Gasteiger charge is -2.35. The highest BCUT2D eigenvalue weighted by Crippen LogP contribution is 2.38. The minimum atomic E-state index is 0.130. The minimum Gasteiger partial charge on any atom is -0.383 e. The second kappa shape index (κ2) is 4.35. The van der Waals surface area contributed by atoms with Gasteiger partial charge in [0.25, 0.3) is 0 Å². The predicted octanol–water partition coefficient (Wildman–Crippen LogP) is 1.72. The first-order valence-corrected chi connectivity index (χ1v) is 6.63. The average Bonchev–Trinajstić information content (AvgIpc) is 2.61. The fourth-order valence-corrected chi connectivity index (χ4v) is 3.47. The zero-order valence-electron chi connectivity index (χ0n) is 10.7. The Hall–Kier alpha value is -1.42. The van der Waals surface area contributed by atoms with Gasteiger partial charge in [0.2, 0.25) is 0 Å². The van der Waals surface area contributed by atoms with Crippen LogP contribution in [0, 0.1) is 5.92 Å². The molecule has 0 aliphatic carbocycles. The number of hydrogen-bond donors (Lipinski definition) is 1. The number of piperidine rings is 1. The number of pyridine rings is 1. The highest BCUT2D eigenvalue weighted by molar-refractivity contribution is 6.01. The number of hydrogen-bond acceptors (Lipinski definition) is 4. The molecule has 2 unspecified atom stereocenters. The summed E-state index contributed by atoms with van der Waals surface area (Å²) in [6.45, 7) is 0. The maximum Gasteiger partial charge on any atom is 0.169 e. The summed E-state index contributed by atoms with van der Waals surface area (Å²) in [5.74, 6) is 0.685. The van der Waals surface area contributed by atoms with Crippen molar-refractivity contribution in [3.8, 4) is 0 Å². The predicted molar refractivity (Wildman–Crippen MR) is 70.3 cm³/mol. The van der Waals surface area contributed by atoms with Crippen LogP contribution < -0.4 is 5.73 Å². The van der Waals surface area contributed by atoms with Crippen molar-refractivity contribution in [2.75, 3.05) is 12.8 Å². The number of nitrogens with zero attached hydrogens (tertiary/aromatic N) is 2. The van der Waals surface area contributed by atoms with E-state index in [1.54, 1.807) is 18.3 Å². The van der Waals surface area contributed by atoms with E-state index in [4.69, 9.17) is 5.73 Å². The quantitative estimate of drug-likeness (QED) is 0.806. The Balaban J connectivity index is 1.81. The smallest absolute Gasteiger partial charge is 0.169 e. The fourth-order valence-electron chi connectivity index (χ4n) is 3.47. The molecule has 0 spiro atoms.